The smallest absolute Gasteiger partial charge is 0.138 e. The molecule has 21 heavy (non-hydrogen) atoms. The minimum absolute atomic E-state index is 0.230. The predicted octanol–water partition coefficient (Wildman–Crippen LogP) is 4.61. The van der Waals surface area contributed by atoms with E-state index in [1.54, 1.807) is 6.07 Å². The van der Waals surface area contributed by atoms with Crippen molar-refractivity contribution in [1.29, 1.82) is 0 Å². The van der Waals surface area contributed by atoms with Crippen LogP contribution in [0.3, 0.4) is 0 Å². The Labute approximate surface area is 129 Å². The van der Waals surface area contributed by atoms with Crippen molar-refractivity contribution >= 4 is 11.6 Å². The second kappa shape index (κ2) is 7.15. The van der Waals surface area contributed by atoms with E-state index < -0.39 is 0 Å². The molecule has 0 bridgehead atoms. The van der Waals surface area contributed by atoms with E-state index in [2.05, 4.69) is 30.0 Å². The van der Waals surface area contributed by atoms with Crippen LogP contribution in [0.2, 0.25) is 0 Å². The topological polar surface area (TPSA) is 9.23 Å². The van der Waals surface area contributed by atoms with Crippen molar-refractivity contribution in [2.45, 2.75) is 20.5 Å². The number of hydrogen-bond donors (Lipinski definition) is 0. The molecule has 2 aromatic rings. The summed E-state index contributed by atoms with van der Waals surface area (Å²) in [5.74, 6) is 5.95. The maximum absolute atomic E-state index is 13.4. The lowest BCUT2D eigenvalue weighted by molar-refractivity contribution is 0.303. The Bertz CT molecular complexity index is 678. The zero-order chi connectivity index (χ0) is 15.2. The third-order valence-electron chi connectivity index (χ3n) is 2.91. The van der Waals surface area contributed by atoms with Gasteiger partial charge in [-0.15, -0.1) is 11.6 Å². The molecule has 3 heteroatoms. The van der Waals surface area contributed by atoms with Gasteiger partial charge in [0, 0.05) is 6.07 Å². The summed E-state index contributed by atoms with van der Waals surface area (Å²) in [5.41, 5.74) is 4.04. The van der Waals surface area contributed by atoms with Crippen molar-refractivity contribution in [3.05, 3.63) is 64.5 Å². The summed E-state index contributed by atoms with van der Waals surface area (Å²) in [6.45, 7) is 4.45. The molecule has 0 spiro atoms. The summed E-state index contributed by atoms with van der Waals surface area (Å²) in [7, 11) is 0. The van der Waals surface area contributed by atoms with Gasteiger partial charge in [-0.05, 0) is 31.5 Å². The molecule has 2 aromatic carbocycles. The number of aryl methyl sites for hydroxylation is 2. The lowest BCUT2D eigenvalue weighted by atomic mass is 10.1. The lowest BCUT2D eigenvalue weighted by Crippen LogP contribution is -1.99. The summed E-state index contributed by atoms with van der Waals surface area (Å²) in [6.07, 6.45) is 0. The molecule has 108 valence electrons. The maximum Gasteiger partial charge on any atom is 0.138 e. The second-order valence-electron chi connectivity index (χ2n) is 4.86. The summed E-state index contributed by atoms with van der Waals surface area (Å²) in [4.78, 5) is 0. The van der Waals surface area contributed by atoms with Crippen LogP contribution in [0.25, 0.3) is 0 Å². The van der Waals surface area contributed by atoms with Crippen molar-refractivity contribution in [2.75, 3.05) is 5.88 Å². The van der Waals surface area contributed by atoms with Crippen LogP contribution in [-0.4, -0.2) is 5.88 Å². The normalized spacial score (nSPS) is 9.90. The van der Waals surface area contributed by atoms with E-state index in [-0.39, 0.29) is 11.7 Å². The first kappa shape index (κ1) is 15.4. The first-order valence-electron chi connectivity index (χ1n) is 6.63. The van der Waals surface area contributed by atoms with Crippen molar-refractivity contribution in [1.82, 2.24) is 0 Å². The molecular weight excluding hydrogens is 287 g/mol. The number of hydrogen-bond acceptors (Lipinski definition) is 1. The highest BCUT2D eigenvalue weighted by atomic mass is 35.5. The third-order valence-corrected chi connectivity index (χ3v) is 3.04. The predicted molar refractivity (Wildman–Crippen MR) is 84.2 cm³/mol. The first-order valence-corrected chi connectivity index (χ1v) is 7.16. The molecule has 0 amide bonds. The molecule has 0 atom stereocenters. The lowest BCUT2D eigenvalue weighted by Gasteiger charge is -2.10. The Balaban J connectivity index is 2.20. The van der Waals surface area contributed by atoms with E-state index in [9.17, 15) is 4.39 Å². The van der Waals surface area contributed by atoms with Gasteiger partial charge in [0.2, 0.25) is 0 Å². The van der Waals surface area contributed by atoms with Gasteiger partial charge in [-0.1, -0.05) is 41.2 Å². The molecule has 0 saturated heterocycles. The molecule has 0 N–H and O–H groups in total. The van der Waals surface area contributed by atoms with E-state index in [1.165, 1.54) is 23.3 Å². The molecule has 0 aliphatic heterocycles. The quantitative estimate of drug-likeness (QED) is 0.594. The Kier molecular flexibility index (Phi) is 5.25. The molecule has 0 heterocycles. The molecule has 1 nitrogen and oxygen atoms in total. The second-order valence-corrected chi connectivity index (χ2v) is 5.13. The Morgan fingerprint density at radius 2 is 1.81 bits per heavy atom. The van der Waals surface area contributed by atoms with E-state index >= 15 is 0 Å². The molecule has 0 aromatic heterocycles. The van der Waals surface area contributed by atoms with Crippen LogP contribution < -0.4 is 4.74 Å². The summed E-state index contributed by atoms with van der Waals surface area (Å²) in [5, 5.41) is 0. The van der Waals surface area contributed by atoms with Gasteiger partial charge in [-0.2, -0.15) is 0 Å². The monoisotopic (exact) mass is 302 g/mol. The Morgan fingerprint density at radius 3 is 2.48 bits per heavy atom. The molecule has 0 radical (unpaired) electrons. The summed E-state index contributed by atoms with van der Waals surface area (Å²) in [6, 6.07) is 10.5. The van der Waals surface area contributed by atoms with Gasteiger partial charge in [0.15, 0.2) is 0 Å². The number of benzene rings is 2. The number of rotatable bonds is 3. The van der Waals surface area contributed by atoms with Crippen LogP contribution in [0.1, 0.15) is 22.3 Å². The number of ether oxygens (including phenoxy) is 1. The van der Waals surface area contributed by atoms with E-state index in [1.807, 2.05) is 13.8 Å². The largest absolute Gasteiger partial charge is 0.487 e. The van der Waals surface area contributed by atoms with Gasteiger partial charge in [-0.25, -0.2) is 4.39 Å². The third kappa shape index (κ3) is 4.51. The van der Waals surface area contributed by atoms with Crippen LogP contribution in [0.15, 0.2) is 36.4 Å². The number of halogens is 2. The molecule has 0 aliphatic carbocycles. The van der Waals surface area contributed by atoms with Crippen LogP contribution in [-0.2, 0) is 6.61 Å². The van der Waals surface area contributed by atoms with Gasteiger partial charge in [0.25, 0.3) is 0 Å². The molecule has 0 unspecified atom stereocenters. The van der Waals surface area contributed by atoms with Crippen LogP contribution in [0, 0.1) is 31.5 Å². The molecular formula is C18H16ClFO. The zero-order valence-electron chi connectivity index (χ0n) is 12.0. The van der Waals surface area contributed by atoms with E-state index in [0.29, 0.717) is 17.9 Å². The fourth-order valence-corrected chi connectivity index (χ4v) is 2.23. The van der Waals surface area contributed by atoms with Gasteiger partial charge in [0.1, 0.15) is 18.2 Å². The Hall–Kier alpha value is -1.98. The first-order chi connectivity index (χ1) is 10.1. The zero-order valence-corrected chi connectivity index (χ0v) is 12.8. The summed E-state index contributed by atoms with van der Waals surface area (Å²) >= 11 is 5.55. The van der Waals surface area contributed by atoms with Gasteiger partial charge >= 0.3 is 0 Å². The van der Waals surface area contributed by atoms with Crippen molar-refractivity contribution in [3.63, 3.8) is 0 Å². The Morgan fingerprint density at radius 1 is 1.10 bits per heavy atom. The molecule has 2 rings (SSSR count). The van der Waals surface area contributed by atoms with Crippen LogP contribution in [0.4, 0.5) is 4.39 Å². The summed E-state index contributed by atoms with van der Waals surface area (Å²) < 4.78 is 19.1. The highest BCUT2D eigenvalue weighted by Gasteiger charge is 2.05. The number of alkyl halides is 1. The van der Waals surface area contributed by atoms with Gasteiger partial charge in [0.05, 0.1) is 11.4 Å². The standard InChI is InChI=1S/C18H16ClFO/c1-13-8-14(2)10-15(9-13)12-21-18-11-17(20)6-5-16(18)4-3-7-19/h5-6,8-11H,7,12H2,1-2H3. The van der Waals surface area contributed by atoms with Crippen molar-refractivity contribution < 1.29 is 9.13 Å². The average Bonchev–Trinajstić information content (AvgIpc) is 2.43. The highest BCUT2D eigenvalue weighted by molar-refractivity contribution is 6.19. The van der Waals surface area contributed by atoms with Gasteiger partial charge in [-0.3, -0.25) is 0 Å². The maximum atomic E-state index is 13.4. The minimum Gasteiger partial charge on any atom is -0.487 e. The SMILES string of the molecule is Cc1cc(C)cc(COc2cc(F)ccc2C#CCCl)c1. The van der Waals surface area contributed by atoms with Crippen LogP contribution >= 0.6 is 11.6 Å². The molecule has 0 saturated carbocycles. The van der Waals surface area contributed by atoms with E-state index in [4.69, 9.17) is 16.3 Å². The molecule has 0 aliphatic rings. The molecule has 0 fully saturated rings. The van der Waals surface area contributed by atoms with Crippen molar-refractivity contribution in [3.8, 4) is 17.6 Å². The fourth-order valence-electron chi connectivity index (χ4n) is 2.16. The van der Waals surface area contributed by atoms with Gasteiger partial charge < -0.3 is 4.74 Å². The minimum atomic E-state index is -0.346. The van der Waals surface area contributed by atoms with E-state index in [0.717, 1.165) is 5.56 Å². The highest BCUT2D eigenvalue weighted by Crippen LogP contribution is 2.21. The van der Waals surface area contributed by atoms with Crippen LogP contribution in [0.5, 0.6) is 5.75 Å². The average molecular weight is 303 g/mol. The van der Waals surface area contributed by atoms with Crippen molar-refractivity contribution in [2.24, 2.45) is 0 Å². The fraction of sp³-hybridized carbons (Fsp3) is 0.222.